The Morgan fingerprint density at radius 3 is 2.18 bits per heavy atom. The lowest BCUT2D eigenvalue weighted by Gasteiger charge is -1.97. The first-order valence-electron chi connectivity index (χ1n) is 3.84. The molecule has 11 heavy (non-hydrogen) atoms. The van der Waals surface area contributed by atoms with Gasteiger partial charge in [-0.1, -0.05) is 36.1 Å². The van der Waals surface area contributed by atoms with Crippen LogP contribution in [0.15, 0.2) is 24.3 Å². The molecule has 0 radical (unpaired) electrons. The van der Waals surface area contributed by atoms with E-state index in [2.05, 4.69) is 7.85 Å². The highest BCUT2D eigenvalue weighted by Gasteiger charge is 1.96. The van der Waals surface area contributed by atoms with E-state index in [9.17, 15) is 4.79 Å². The van der Waals surface area contributed by atoms with E-state index in [4.69, 9.17) is 0 Å². The molecule has 1 nitrogen and oxygen atoms in total. The van der Waals surface area contributed by atoms with Crippen molar-refractivity contribution in [2.75, 3.05) is 0 Å². The number of hydrogen-bond acceptors (Lipinski definition) is 1. The molecule has 0 fully saturated rings. The Hall–Kier alpha value is -0.980. The minimum atomic E-state index is 0.132. The first-order chi connectivity index (χ1) is 5.24. The Balaban J connectivity index is 2.91. The SMILES string of the molecule is BCc1ccc(C(B)=O)cc1. The highest BCUT2D eigenvalue weighted by Crippen LogP contribution is 2.03. The lowest BCUT2D eigenvalue weighted by atomic mass is 9.91. The molecule has 0 heterocycles. The van der Waals surface area contributed by atoms with Crippen LogP contribution in [0, 0.1) is 0 Å². The molecule has 54 valence electrons. The quantitative estimate of drug-likeness (QED) is 0.515. The van der Waals surface area contributed by atoms with E-state index in [0.717, 1.165) is 11.9 Å². The van der Waals surface area contributed by atoms with Crippen LogP contribution in [-0.2, 0) is 6.32 Å². The Morgan fingerprint density at radius 1 is 1.27 bits per heavy atom. The van der Waals surface area contributed by atoms with Crippen molar-refractivity contribution in [3.05, 3.63) is 35.4 Å². The molecule has 0 bridgehead atoms. The Labute approximate surface area is 68.6 Å². The van der Waals surface area contributed by atoms with Crippen LogP contribution in [0.4, 0.5) is 0 Å². The van der Waals surface area contributed by atoms with E-state index < -0.39 is 0 Å². The average molecular weight is 144 g/mol. The second kappa shape index (κ2) is 3.42. The van der Waals surface area contributed by atoms with Crippen LogP contribution < -0.4 is 0 Å². The van der Waals surface area contributed by atoms with Crippen LogP contribution in [0.1, 0.15) is 15.9 Å². The van der Waals surface area contributed by atoms with Crippen molar-refractivity contribution in [3.8, 4) is 0 Å². The molecule has 0 saturated heterocycles. The molecule has 1 rings (SSSR count). The molecule has 1 aromatic carbocycles. The van der Waals surface area contributed by atoms with Gasteiger partial charge in [-0.3, -0.25) is 0 Å². The van der Waals surface area contributed by atoms with Crippen molar-refractivity contribution in [2.45, 2.75) is 6.32 Å². The van der Waals surface area contributed by atoms with Gasteiger partial charge >= 0.3 is 0 Å². The molecule has 1 aromatic rings. The Kier molecular flexibility index (Phi) is 2.53. The van der Waals surface area contributed by atoms with Crippen molar-refractivity contribution >= 4 is 21.4 Å². The first-order valence-corrected chi connectivity index (χ1v) is 3.84. The van der Waals surface area contributed by atoms with Gasteiger partial charge in [-0.2, -0.15) is 0 Å². The molecule has 0 atom stereocenters. The zero-order chi connectivity index (χ0) is 8.27. The summed E-state index contributed by atoms with van der Waals surface area (Å²) in [6.07, 6.45) is 1.03. The predicted molar refractivity (Wildman–Crippen MR) is 51.6 cm³/mol. The van der Waals surface area contributed by atoms with Crippen LogP contribution in [0.5, 0.6) is 0 Å². The van der Waals surface area contributed by atoms with Crippen molar-refractivity contribution < 1.29 is 4.79 Å². The summed E-state index contributed by atoms with van der Waals surface area (Å²) in [5.74, 6) is 0. The van der Waals surface area contributed by atoms with Gasteiger partial charge in [-0.15, -0.1) is 0 Å². The maximum atomic E-state index is 10.8. The maximum Gasteiger partial charge on any atom is 0.193 e. The summed E-state index contributed by atoms with van der Waals surface area (Å²) in [5, 5.41) is 0. The molecule has 0 unspecified atom stereocenters. The predicted octanol–water partition coefficient (Wildman–Crippen LogP) is -0.407. The standard InChI is InChI=1S/C8H10B2O/c9-5-6-1-3-7(4-2-6)8(10)11/h1-4H,5,9-10H2. The fourth-order valence-electron chi connectivity index (χ4n) is 0.975. The molecular weight excluding hydrogens is 134 g/mol. The Morgan fingerprint density at radius 2 is 1.82 bits per heavy atom. The number of hydrogen-bond donors (Lipinski definition) is 0. The van der Waals surface area contributed by atoms with Gasteiger partial charge in [0, 0.05) is 5.56 Å². The fraction of sp³-hybridized carbons (Fsp3) is 0.125. The molecule has 0 spiro atoms. The summed E-state index contributed by atoms with van der Waals surface area (Å²) in [5.41, 5.74) is 2.20. The van der Waals surface area contributed by atoms with Gasteiger partial charge in [0.2, 0.25) is 0 Å². The molecule has 0 amide bonds. The lowest BCUT2D eigenvalue weighted by molar-refractivity contribution is 0.108. The normalized spacial score (nSPS) is 9.45. The fourth-order valence-corrected chi connectivity index (χ4v) is 0.975. The Bertz CT molecular complexity index is 253. The van der Waals surface area contributed by atoms with Gasteiger partial charge in [0.1, 0.15) is 13.5 Å². The second-order valence-electron chi connectivity index (χ2n) is 2.61. The van der Waals surface area contributed by atoms with Crippen molar-refractivity contribution in [1.29, 1.82) is 0 Å². The molecule has 0 aliphatic rings. The average Bonchev–Trinajstić information content (AvgIpc) is 2.05. The van der Waals surface area contributed by atoms with Gasteiger partial charge in [0.05, 0.1) is 0 Å². The zero-order valence-corrected chi connectivity index (χ0v) is 6.92. The van der Waals surface area contributed by atoms with Crippen molar-refractivity contribution in [1.82, 2.24) is 0 Å². The third kappa shape index (κ3) is 1.97. The van der Waals surface area contributed by atoms with Crippen LogP contribution in [-0.4, -0.2) is 21.4 Å². The van der Waals surface area contributed by atoms with Crippen molar-refractivity contribution in [3.63, 3.8) is 0 Å². The molecular formula is C8H10B2O. The zero-order valence-electron chi connectivity index (χ0n) is 6.92. The van der Waals surface area contributed by atoms with E-state index in [1.165, 1.54) is 5.56 Å². The van der Waals surface area contributed by atoms with Crippen LogP contribution in [0.25, 0.3) is 0 Å². The van der Waals surface area contributed by atoms with Gasteiger partial charge < -0.3 is 4.79 Å². The molecule has 0 aliphatic carbocycles. The summed E-state index contributed by atoms with van der Waals surface area (Å²) in [6, 6.07) is 7.75. The first kappa shape index (κ1) is 8.12. The second-order valence-corrected chi connectivity index (χ2v) is 2.61. The van der Waals surface area contributed by atoms with E-state index in [0.29, 0.717) is 0 Å². The number of rotatable bonds is 2. The number of benzene rings is 1. The highest BCUT2D eigenvalue weighted by atomic mass is 16.1. The third-order valence-corrected chi connectivity index (χ3v) is 1.77. The van der Waals surface area contributed by atoms with E-state index >= 15 is 0 Å². The molecule has 3 heteroatoms. The van der Waals surface area contributed by atoms with Crippen LogP contribution in [0.3, 0.4) is 0 Å². The molecule has 0 aromatic heterocycles. The summed E-state index contributed by atoms with van der Waals surface area (Å²) in [6.45, 7) is 0. The van der Waals surface area contributed by atoms with E-state index in [-0.39, 0.29) is 5.68 Å². The summed E-state index contributed by atoms with van der Waals surface area (Å²) >= 11 is 0. The maximum absolute atomic E-state index is 10.8. The largest absolute Gasteiger partial charge is 0.307 e. The van der Waals surface area contributed by atoms with Gasteiger partial charge in [0.25, 0.3) is 0 Å². The van der Waals surface area contributed by atoms with Crippen LogP contribution in [0.2, 0.25) is 0 Å². The highest BCUT2D eigenvalue weighted by molar-refractivity contribution is 6.62. The third-order valence-electron chi connectivity index (χ3n) is 1.77. The minimum absolute atomic E-state index is 0.132. The summed E-state index contributed by atoms with van der Waals surface area (Å²) in [4.78, 5) is 10.8. The monoisotopic (exact) mass is 144 g/mol. The minimum Gasteiger partial charge on any atom is -0.307 e. The number of carbonyl (C=O) groups is 1. The summed E-state index contributed by atoms with van der Waals surface area (Å²) < 4.78 is 0. The van der Waals surface area contributed by atoms with Gasteiger partial charge in [-0.05, 0) is 0 Å². The van der Waals surface area contributed by atoms with Gasteiger partial charge in [0.15, 0.2) is 7.85 Å². The van der Waals surface area contributed by atoms with E-state index in [1.54, 1.807) is 7.85 Å². The summed E-state index contributed by atoms with van der Waals surface area (Å²) in [7, 11) is 3.68. The molecule has 0 aliphatic heterocycles. The van der Waals surface area contributed by atoms with Crippen LogP contribution >= 0.6 is 0 Å². The van der Waals surface area contributed by atoms with Gasteiger partial charge in [-0.25, -0.2) is 0 Å². The smallest absolute Gasteiger partial charge is 0.193 e. The molecule has 0 N–H and O–H groups in total. The lowest BCUT2D eigenvalue weighted by Crippen LogP contribution is -1.96. The number of carbonyl (C=O) groups excluding carboxylic acids is 1. The topological polar surface area (TPSA) is 17.1 Å². The van der Waals surface area contributed by atoms with E-state index in [1.807, 2.05) is 24.3 Å². The molecule has 0 saturated carbocycles. The van der Waals surface area contributed by atoms with Crippen molar-refractivity contribution in [2.24, 2.45) is 0 Å².